The number of benzene rings is 2. The summed E-state index contributed by atoms with van der Waals surface area (Å²) in [5.41, 5.74) is 1.92. The third kappa shape index (κ3) is 2.79. The molecule has 0 aromatic heterocycles. The van der Waals surface area contributed by atoms with E-state index in [1.165, 1.54) is 0 Å². The summed E-state index contributed by atoms with van der Waals surface area (Å²) in [5, 5.41) is 1.13. The largest absolute Gasteiger partial charge is 0.497 e. The summed E-state index contributed by atoms with van der Waals surface area (Å²) in [6.07, 6.45) is 0. The van der Waals surface area contributed by atoms with Crippen LogP contribution in [0.3, 0.4) is 0 Å². The van der Waals surface area contributed by atoms with Gasteiger partial charge >= 0.3 is 0 Å². The first-order valence-corrected chi connectivity index (χ1v) is 8.41. The molecule has 0 unspecified atom stereocenters. The van der Waals surface area contributed by atoms with Gasteiger partial charge in [0.05, 0.1) is 22.2 Å². The molecule has 22 heavy (non-hydrogen) atoms. The minimum absolute atomic E-state index is 0.0324. The molecule has 1 aliphatic rings. The van der Waals surface area contributed by atoms with Gasteiger partial charge in [-0.25, -0.2) is 0 Å². The summed E-state index contributed by atoms with van der Waals surface area (Å²) in [7, 11) is 1.63. The average Bonchev–Trinajstić information content (AvgIpc) is 3.07. The van der Waals surface area contributed by atoms with Gasteiger partial charge in [-0.3, -0.25) is 0 Å². The van der Waals surface area contributed by atoms with E-state index >= 15 is 0 Å². The number of halogens is 5. The number of ether oxygens (including phenoxy) is 1. The van der Waals surface area contributed by atoms with Crippen molar-refractivity contribution in [2.75, 3.05) is 7.11 Å². The Labute approximate surface area is 154 Å². The highest BCUT2D eigenvalue weighted by atomic mass is 35.5. The zero-order valence-corrected chi connectivity index (χ0v) is 15.2. The standard InChI is InChI=1S/C16H11Cl5O/c1-22-10-4-2-8(3-5-10)13-14(16(13,20)21)9-6-11(17)15(19)12(18)7-9/h2-7,13-14H,1H3/t13-,14-/m1/s1. The van der Waals surface area contributed by atoms with Crippen molar-refractivity contribution < 1.29 is 4.74 Å². The van der Waals surface area contributed by atoms with Crippen molar-refractivity contribution in [1.29, 1.82) is 0 Å². The molecule has 0 aliphatic heterocycles. The molecule has 1 saturated carbocycles. The zero-order valence-electron chi connectivity index (χ0n) is 11.4. The van der Waals surface area contributed by atoms with E-state index in [1.54, 1.807) is 19.2 Å². The number of hydrogen-bond acceptors (Lipinski definition) is 1. The van der Waals surface area contributed by atoms with Gasteiger partial charge in [0.1, 0.15) is 10.1 Å². The molecule has 116 valence electrons. The first-order valence-electron chi connectivity index (χ1n) is 6.52. The summed E-state index contributed by atoms with van der Waals surface area (Å²) in [6, 6.07) is 11.2. The Morgan fingerprint density at radius 1 is 0.864 bits per heavy atom. The number of alkyl halides is 2. The normalized spacial score (nSPS) is 22.5. The van der Waals surface area contributed by atoms with Crippen LogP contribution in [0.5, 0.6) is 5.75 Å². The highest BCUT2D eigenvalue weighted by Gasteiger charge is 2.64. The van der Waals surface area contributed by atoms with Crippen LogP contribution in [0, 0.1) is 0 Å². The molecule has 2 aromatic carbocycles. The van der Waals surface area contributed by atoms with Crippen LogP contribution in [0.25, 0.3) is 0 Å². The lowest BCUT2D eigenvalue weighted by Gasteiger charge is -2.05. The van der Waals surface area contributed by atoms with Crippen molar-refractivity contribution in [1.82, 2.24) is 0 Å². The topological polar surface area (TPSA) is 9.23 Å². The Kier molecular flexibility index (Phi) is 4.48. The molecular formula is C16H11Cl5O. The predicted molar refractivity (Wildman–Crippen MR) is 94.4 cm³/mol. The smallest absolute Gasteiger partial charge is 0.133 e. The van der Waals surface area contributed by atoms with E-state index in [9.17, 15) is 0 Å². The molecule has 0 heterocycles. The summed E-state index contributed by atoms with van der Waals surface area (Å²) in [5.74, 6) is 0.666. The van der Waals surface area contributed by atoms with Crippen LogP contribution in [-0.4, -0.2) is 11.4 Å². The van der Waals surface area contributed by atoms with Gasteiger partial charge in [-0.1, -0.05) is 46.9 Å². The number of rotatable bonds is 3. The molecule has 3 rings (SSSR count). The molecule has 0 spiro atoms. The van der Waals surface area contributed by atoms with E-state index in [-0.39, 0.29) is 11.8 Å². The number of hydrogen-bond donors (Lipinski definition) is 0. The molecule has 0 saturated heterocycles. The first kappa shape index (κ1) is 16.5. The summed E-state index contributed by atoms with van der Waals surface area (Å²) < 4.78 is 4.27. The third-order valence-electron chi connectivity index (χ3n) is 3.89. The highest BCUT2D eigenvalue weighted by molar-refractivity contribution is 6.52. The van der Waals surface area contributed by atoms with Crippen molar-refractivity contribution in [2.45, 2.75) is 16.2 Å². The van der Waals surface area contributed by atoms with Crippen molar-refractivity contribution in [2.24, 2.45) is 0 Å². The van der Waals surface area contributed by atoms with Crippen LogP contribution < -0.4 is 4.74 Å². The molecule has 1 fully saturated rings. The summed E-state index contributed by atoms with van der Waals surface area (Å²) >= 11 is 31.1. The Bertz CT molecular complexity index is 688. The van der Waals surface area contributed by atoms with Crippen molar-refractivity contribution >= 4 is 58.0 Å². The maximum atomic E-state index is 6.48. The maximum Gasteiger partial charge on any atom is 0.133 e. The van der Waals surface area contributed by atoms with E-state index in [4.69, 9.17) is 62.7 Å². The molecule has 1 aliphatic carbocycles. The van der Waals surface area contributed by atoms with Crippen LogP contribution in [0.4, 0.5) is 0 Å². The Balaban J connectivity index is 1.95. The van der Waals surface area contributed by atoms with Gasteiger partial charge in [0, 0.05) is 11.8 Å². The molecule has 0 amide bonds. The Morgan fingerprint density at radius 3 is 1.86 bits per heavy atom. The minimum atomic E-state index is -0.894. The van der Waals surface area contributed by atoms with Crippen LogP contribution in [-0.2, 0) is 0 Å². The van der Waals surface area contributed by atoms with Gasteiger partial charge < -0.3 is 4.74 Å². The van der Waals surface area contributed by atoms with Crippen LogP contribution in [0.15, 0.2) is 36.4 Å². The quantitative estimate of drug-likeness (QED) is 0.414. The average molecular weight is 397 g/mol. The summed E-state index contributed by atoms with van der Waals surface area (Å²) in [6.45, 7) is 0. The second-order valence-electron chi connectivity index (χ2n) is 5.20. The molecule has 6 heteroatoms. The molecule has 1 nitrogen and oxygen atoms in total. The minimum Gasteiger partial charge on any atom is -0.497 e. The Morgan fingerprint density at radius 2 is 1.36 bits per heavy atom. The highest BCUT2D eigenvalue weighted by Crippen LogP contribution is 2.70. The van der Waals surface area contributed by atoms with Gasteiger partial charge in [-0.15, -0.1) is 23.2 Å². The molecule has 2 atom stereocenters. The third-order valence-corrected chi connectivity index (χ3v) is 6.03. The van der Waals surface area contributed by atoms with Gasteiger partial charge in [0.2, 0.25) is 0 Å². The van der Waals surface area contributed by atoms with Gasteiger partial charge in [-0.05, 0) is 35.4 Å². The van der Waals surface area contributed by atoms with Crippen LogP contribution >= 0.6 is 58.0 Å². The monoisotopic (exact) mass is 394 g/mol. The van der Waals surface area contributed by atoms with Crippen LogP contribution in [0.2, 0.25) is 15.1 Å². The van der Waals surface area contributed by atoms with Gasteiger partial charge in [0.25, 0.3) is 0 Å². The Hall–Kier alpha value is -0.310. The van der Waals surface area contributed by atoms with Crippen molar-refractivity contribution in [3.05, 3.63) is 62.6 Å². The van der Waals surface area contributed by atoms with E-state index in [2.05, 4.69) is 0 Å². The van der Waals surface area contributed by atoms with E-state index in [0.29, 0.717) is 15.1 Å². The van der Waals surface area contributed by atoms with Crippen molar-refractivity contribution in [3.63, 3.8) is 0 Å². The lowest BCUT2D eigenvalue weighted by molar-refractivity contribution is 0.414. The predicted octanol–water partition coefficient (Wildman–Crippen LogP) is 6.71. The molecule has 2 aromatic rings. The van der Waals surface area contributed by atoms with Crippen molar-refractivity contribution in [3.8, 4) is 5.75 Å². The maximum absolute atomic E-state index is 6.48. The van der Waals surface area contributed by atoms with E-state index < -0.39 is 4.33 Å². The number of methoxy groups -OCH3 is 1. The molecule has 0 N–H and O–H groups in total. The fourth-order valence-corrected chi connectivity index (χ4v) is 4.22. The lowest BCUT2D eigenvalue weighted by Crippen LogP contribution is -1.91. The van der Waals surface area contributed by atoms with Gasteiger partial charge in [-0.2, -0.15) is 0 Å². The zero-order chi connectivity index (χ0) is 16.1. The first-order chi connectivity index (χ1) is 10.4. The van der Waals surface area contributed by atoms with E-state index in [0.717, 1.165) is 16.9 Å². The molecule has 0 radical (unpaired) electrons. The fourth-order valence-electron chi connectivity index (χ4n) is 2.72. The summed E-state index contributed by atoms with van der Waals surface area (Å²) in [4.78, 5) is 0. The van der Waals surface area contributed by atoms with E-state index in [1.807, 2.05) is 24.3 Å². The fraction of sp³-hybridized carbons (Fsp3) is 0.250. The van der Waals surface area contributed by atoms with Crippen LogP contribution in [0.1, 0.15) is 23.0 Å². The second kappa shape index (κ2) is 5.96. The SMILES string of the molecule is COc1ccc([C@@H]2[C@@H](c3cc(Cl)c(Cl)c(Cl)c3)C2(Cl)Cl)cc1. The molecular weight excluding hydrogens is 385 g/mol. The molecule has 0 bridgehead atoms. The lowest BCUT2D eigenvalue weighted by atomic mass is 10.0. The second-order valence-corrected chi connectivity index (χ2v) is 7.84. The van der Waals surface area contributed by atoms with Gasteiger partial charge in [0.15, 0.2) is 0 Å².